The molecule has 6 nitrogen and oxygen atoms in total. The van der Waals surface area contributed by atoms with Crippen molar-refractivity contribution in [3.8, 4) is 11.5 Å². The quantitative estimate of drug-likeness (QED) is 0.569. The lowest BCUT2D eigenvalue weighted by atomic mass is 9.71. The number of halogens is 1. The summed E-state index contributed by atoms with van der Waals surface area (Å²) in [5.74, 6) is 0.336. The molecule has 1 heterocycles. The summed E-state index contributed by atoms with van der Waals surface area (Å²) in [6.07, 6.45) is 0.980. The Labute approximate surface area is 201 Å². The molecule has 4 rings (SSSR count). The molecule has 0 fully saturated rings. The Morgan fingerprint density at radius 1 is 1.03 bits per heavy atom. The molecule has 2 aromatic carbocycles. The van der Waals surface area contributed by atoms with Gasteiger partial charge < -0.3 is 19.5 Å². The number of carbonyl (C=O) groups is 2. The van der Waals surface area contributed by atoms with Crippen molar-refractivity contribution < 1.29 is 23.8 Å². The van der Waals surface area contributed by atoms with E-state index in [0.29, 0.717) is 41.2 Å². The van der Waals surface area contributed by atoms with E-state index in [1.807, 2.05) is 49.4 Å². The van der Waals surface area contributed by atoms with E-state index in [0.717, 1.165) is 21.3 Å². The van der Waals surface area contributed by atoms with Gasteiger partial charge in [-0.2, -0.15) is 0 Å². The molecule has 0 saturated carbocycles. The van der Waals surface area contributed by atoms with Crippen molar-refractivity contribution in [3.05, 3.63) is 80.6 Å². The summed E-state index contributed by atoms with van der Waals surface area (Å²) in [5.41, 5.74) is 4.50. The van der Waals surface area contributed by atoms with Gasteiger partial charge in [-0.25, -0.2) is 4.79 Å². The summed E-state index contributed by atoms with van der Waals surface area (Å²) in [6, 6.07) is 13.4. The molecular formula is C26H26BrNO5. The second-order valence-corrected chi connectivity index (χ2v) is 9.00. The van der Waals surface area contributed by atoms with E-state index in [-0.39, 0.29) is 11.7 Å². The van der Waals surface area contributed by atoms with Crippen molar-refractivity contribution in [2.75, 3.05) is 21.3 Å². The van der Waals surface area contributed by atoms with E-state index >= 15 is 0 Å². The maximum atomic E-state index is 13.6. The molecular weight excluding hydrogens is 486 g/mol. The first-order valence-electron chi connectivity index (χ1n) is 10.7. The van der Waals surface area contributed by atoms with Gasteiger partial charge in [0.15, 0.2) is 17.3 Å². The van der Waals surface area contributed by atoms with Crippen LogP contribution in [0.4, 0.5) is 0 Å². The first-order chi connectivity index (χ1) is 15.9. The average molecular weight is 512 g/mol. The molecule has 2 unspecified atom stereocenters. The van der Waals surface area contributed by atoms with Gasteiger partial charge in [-0.3, -0.25) is 4.79 Å². The number of ether oxygens (including phenoxy) is 3. The molecule has 7 heteroatoms. The van der Waals surface area contributed by atoms with Crippen LogP contribution in [-0.2, 0) is 14.3 Å². The zero-order chi connectivity index (χ0) is 23.7. The number of rotatable bonds is 5. The summed E-state index contributed by atoms with van der Waals surface area (Å²) >= 11 is 3.61. The molecule has 0 bridgehead atoms. The standard InChI is InChI=1S/C26H26BrNO5/c1-14-23(26(30)33-4)24(17-7-5-6-8-18(17)27)25-19(28-14)11-16(12-20(25)29)15-9-10-21(31-2)22(13-15)32-3/h5-10,13,16,24,28H,11-12H2,1-4H3. The number of dihydropyridines is 1. The molecule has 0 saturated heterocycles. The maximum absolute atomic E-state index is 13.6. The molecule has 2 aliphatic rings. The molecule has 0 aromatic heterocycles. The molecule has 2 atom stereocenters. The SMILES string of the molecule is COC(=O)C1=C(C)NC2=C(C(=O)CC(c3ccc(OC)c(OC)c3)C2)C1c1ccccc1Br. The highest BCUT2D eigenvalue weighted by atomic mass is 79.9. The van der Waals surface area contributed by atoms with Crippen LogP contribution in [0.5, 0.6) is 11.5 Å². The van der Waals surface area contributed by atoms with Crippen LogP contribution in [0.2, 0.25) is 0 Å². The summed E-state index contributed by atoms with van der Waals surface area (Å²) in [7, 11) is 4.56. The van der Waals surface area contributed by atoms with Gasteiger partial charge in [0.05, 0.1) is 26.9 Å². The third kappa shape index (κ3) is 4.17. The third-order valence-electron chi connectivity index (χ3n) is 6.33. The van der Waals surface area contributed by atoms with Crippen LogP contribution in [0.25, 0.3) is 0 Å². The van der Waals surface area contributed by atoms with Crippen LogP contribution in [0.3, 0.4) is 0 Å². The summed E-state index contributed by atoms with van der Waals surface area (Å²) in [6.45, 7) is 1.85. The highest BCUT2D eigenvalue weighted by Gasteiger charge is 2.41. The van der Waals surface area contributed by atoms with Gasteiger partial charge in [0.25, 0.3) is 0 Å². The number of hydrogen-bond acceptors (Lipinski definition) is 6. The van der Waals surface area contributed by atoms with Crippen LogP contribution >= 0.6 is 15.9 Å². The van der Waals surface area contributed by atoms with E-state index in [1.54, 1.807) is 14.2 Å². The topological polar surface area (TPSA) is 73.9 Å². The lowest BCUT2D eigenvalue weighted by molar-refractivity contribution is -0.136. The minimum atomic E-state index is -0.497. The molecule has 1 aliphatic carbocycles. The average Bonchev–Trinajstić information content (AvgIpc) is 2.82. The largest absolute Gasteiger partial charge is 0.493 e. The molecule has 33 heavy (non-hydrogen) atoms. The van der Waals surface area contributed by atoms with Crippen LogP contribution in [0.15, 0.2) is 69.5 Å². The molecule has 1 N–H and O–H groups in total. The van der Waals surface area contributed by atoms with E-state index < -0.39 is 11.9 Å². The number of nitrogens with one attached hydrogen (secondary N) is 1. The number of allylic oxidation sites excluding steroid dienone is 3. The Morgan fingerprint density at radius 3 is 2.42 bits per heavy atom. The predicted molar refractivity (Wildman–Crippen MR) is 128 cm³/mol. The number of carbonyl (C=O) groups excluding carboxylic acids is 2. The monoisotopic (exact) mass is 511 g/mol. The first-order valence-corrected chi connectivity index (χ1v) is 11.5. The Hall–Kier alpha value is -3.06. The number of Topliss-reactive ketones (excluding diaryl/α,β-unsaturated/α-hetero) is 1. The fourth-order valence-corrected chi connectivity index (χ4v) is 5.30. The summed E-state index contributed by atoms with van der Waals surface area (Å²) < 4.78 is 16.7. The van der Waals surface area contributed by atoms with Crippen molar-refractivity contribution in [3.63, 3.8) is 0 Å². The molecule has 0 amide bonds. The van der Waals surface area contributed by atoms with Gasteiger partial charge in [0.2, 0.25) is 0 Å². The third-order valence-corrected chi connectivity index (χ3v) is 7.05. The minimum absolute atomic E-state index is 0.0122. The van der Waals surface area contributed by atoms with Gasteiger partial charge in [-0.05, 0) is 48.6 Å². The normalized spacial score (nSPS) is 20.2. The lowest BCUT2D eigenvalue weighted by Crippen LogP contribution is -2.36. The van der Waals surface area contributed by atoms with Crippen molar-refractivity contribution in [1.82, 2.24) is 5.32 Å². The lowest BCUT2D eigenvalue weighted by Gasteiger charge is -2.37. The summed E-state index contributed by atoms with van der Waals surface area (Å²) in [4.78, 5) is 26.4. The van der Waals surface area contributed by atoms with E-state index in [9.17, 15) is 9.59 Å². The smallest absolute Gasteiger partial charge is 0.336 e. The Kier molecular flexibility index (Phi) is 6.61. The van der Waals surface area contributed by atoms with Gasteiger partial charge >= 0.3 is 5.97 Å². The van der Waals surface area contributed by atoms with Gasteiger partial charge in [-0.1, -0.05) is 40.2 Å². The van der Waals surface area contributed by atoms with Crippen LogP contribution < -0.4 is 14.8 Å². The number of methoxy groups -OCH3 is 3. The van der Waals surface area contributed by atoms with E-state index in [2.05, 4.69) is 21.2 Å². The molecule has 1 aliphatic heterocycles. The number of ketones is 1. The fraction of sp³-hybridized carbons (Fsp3) is 0.308. The van der Waals surface area contributed by atoms with Gasteiger partial charge in [0, 0.05) is 33.8 Å². The van der Waals surface area contributed by atoms with Crippen molar-refractivity contribution in [2.45, 2.75) is 31.6 Å². The number of hydrogen-bond donors (Lipinski definition) is 1. The van der Waals surface area contributed by atoms with Gasteiger partial charge in [0.1, 0.15) is 0 Å². The first kappa shape index (κ1) is 23.1. The maximum Gasteiger partial charge on any atom is 0.336 e. The van der Waals surface area contributed by atoms with E-state index in [4.69, 9.17) is 14.2 Å². The molecule has 0 spiro atoms. The Bertz CT molecular complexity index is 1180. The second kappa shape index (κ2) is 9.43. The van der Waals surface area contributed by atoms with Crippen molar-refractivity contribution in [2.24, 2.45) is 0 Å². The second-order valence-electron chi connectivity index (χ2n) is 8.14. The Balaban J connectivity index is 1.79. The zero-order valence-electron chi connectivity index (χ0n) is 19.0. The zero-order valence-corrected chi connectivity index (χ0v) is 20.6. The van der Waals surface area contributed by atoms with E-state index in [1.165, 1.54) is 7.11 Å². The summed E-state index contributed by atoms with van der Waals surface area (Å²) in [5, 5.41) is 3.35. The highest BCUT2D eigenvalue weighted by Crippen LogP contribution is 2.47. The molecule has 172 valence electrons. The number of esters is 1. The van der Waals surface area contributed by atoms with Crippen LogP contribution in [-0.4, -0.2) is 33.1 Å². The highest BCUT2D eigenvalue weighted by molar-refractivity contribution is 9.10. The molecule has 2 aromatic rings. The Morgan fingerprint density at radius 2 is 1.76 bits per heavy atom. The number of benzene rings is 2. The van der Waals surface area contributed by atoms with Crippen LogP contribution in [0.1, 0.15) is 42.7 Å². The van der Waals surface area contributed by atoms with Crippen molar-refractivity contribution in [1.29, 1.82) is 0 Å². The van der Waals surface area contributed by atoms with Crippen LogP contribution in [0, 0.1) is 0 Å². The van der Waals surface area contributed by atoms with Gasteiger partial charge in [-0.15, -0.1) is 0 Å². The predicted octanol–water partition coefficient (Wildman–Crippen LogP) is 5.00. The van der Waals surface area contributed by atoms with Crippen molar-refractivity contribution >= 4 is 27.7 Å². The fourth-order valence-electron chi connectivity index (χ4n) is 4.78. The molecule has 0 radical (unpaired) electrons. The minimum Gasteiger partial charge on any atom is -0.493 e.